The number of anilines is 1. The van der Waals surface area contributed by atoms with Crippen molar-refractivity contribution in [2.45, 2.75) is 20.1 Å². The summed E-state index contributed by atoms with van der Waals surface area (Å²) in [6.45, 7) is 3.35. The van der Waals surface area contributed by atoms with Gasteiger partial charge in [0.1, 0.15) is 0 Å². The van der Waals surface area contributed by atoms with Crippen LogP contribution in [0.1, 0.15) is 17.0 Å². The fraction of sp³-hybridized carbons (Fsp3) is 0.308. The molecule has 0 atom stereocenters. The summed E-state index contributed by atoms with van der Waals surface area (Å²) < 4.78 is 5.17. The number of hydrogen-bond donors (Lipinski definition) is 2. The molecular weight excluding hydrogens is 214 g/mol. The summed E-state index contributed by atoms with van der Waals surface area (Å²) >= 11 is 0. The molecule has 2 rings (SSSR count). The van der Waals surface area contributed by atoms with E-state index in [2.05, 4.69) is 27.4 Å². The van der Waals surface area contributed by atoms with E-state index in [0.29, 0.717) is 6.61 Å². The van der Waals surface area contributed by atoms with Crippen LogP contribution < -0.4 is 5.32 Å². The fourth-order valence-corrected chi connectivity index (χ4v) is 1.72. The Morgan fingerprint density at radius 3 is 2.88 bits per heavy atom. The predicted molar refractivity (Wildman–Crippen MR) is 67.8 cm³/mol. The highest BCUT2D eigenvalue weighted by molar-refractivity contribution is 5.51. The number of nitrogens with one attached hydrogen (secondary N) is 2. The minimum Gasteiger partial charge on any atom is -0.380 e. The van der Waals surface area contributed by atoms with Crippen LogP contribution in [-0.2, 0) is 17.9 Å². The molecule has 0 radical (unpaired) electrons. The van der Waals surface area contributed by atoms with E-state index in [4.69, 9.17) is 4.74 Å². The summed E-state index contributed by atoms with van der Waals surface area (Å²) in [5.41, 5.74) is 4.39. The van der Waals surface area contributed by atoms with E-state index in [0.717, 1.165) is 29.2 Å². The molecular formula is C13H17N3O. The van der Waals surface area contributed by atoms with Crippen molar-refractivity contribution in [1.29, 1.82) is 0 Å². The van der Waals surface area contributed by atoms with E-state index in [-0.39, 0.29) is 0 Å². The molecule has 0 fully saturated rings. The van der Waals surface area contributed by atoms with Gasteiger partial charge in [-0.3, -0.25) is 0 Å². The molecule has 4 heteroatoms. The molecule has 1 heterocycles. The molecule has 0 aliphatic carbocycles. The number of ether oxygens (including phenoxy) is 1. The number of para-hydroxylation sites is 1. The highest BCUT2D eigenvalue weighted by atomic mass is 16.5. The Balaban J connectivity index is 2.06. The number of rotatable bonds is 5. The maximum absolute atomic E-state index is 5.17. The number of aromatic nitrogens is 2. The van der Waals surface area contributed by atoms with Gasteiger partial charge in [0.2, 0.25) is 0 Å². The molecule has 90 valence electrons. The number of H-pyrrole nitrogens is 1. The van der Waals surface area contributed by atoms with Crippen LogP contribution in [0, 0.1) is 6.92 Å². The molecule has 0 saturated heterocycles. The van der Waals surface area contributed by atoms with Crippen molar-refractivity contribution < 1.29 is 4.74 Å². The molecule has 0 bridgehead atoms. The lowest BCUT2D eigenvalue weighted by Crippen LogP contribution is -2.04. The van der Waals surface area contributed by atoms with E-state index in [1.165, 1.54) is 0 Å². The van der Waals surface area contributed by atoms with Crippen molar-refractivity contribution in [2.24, 2.45) is 0 Å². The molecule has 0 unspecified atom stereocenters. The third-order valence-electron chi connectivity index (χ3n) is 2.70. The van der Waals surface area contributed by atoms with Crippen LogP contribution in [0.4, 0.5) is 5.69 Å². The Hall–Kier alpha value is -1.81. The highest BCUT2D eigenvalue weighted by Gasteiger charge is 2.03. The standard InChI is InChI=1S/C13H17N3O/c1-10-13(16-9-15-10)7-14-12-6-4-3-5-11(12)8-17-2/h3-6,9,14H,7-8H2,1-2H3,(H,15,16). The lowest BCUT2D eigenvalue weighted by molar-refractivity contribution is 0.185. The quantitative estimate of drug-likeness (QED) is 0.831. The van der Waals surface area contributed by atoms with Crippen molar-refractivity contribution >= 4 is 5.69 Å². The number of methoxy groups -OCH3 is 1. The molecule has 0 aliphatic rings. The maximum Gasteiger partial charge on any atom is 0.0925 e. The first-order valence-corrected chi connectivity index (χ1v) is 5.61. The normalized spacial score (nSPS) is 10.5. The summed E-state index contributed by atoms with van der Waals surface area (Å²) in [5.74, 6) is 0. The molecule has 2 N–H and O–H groups in total. The molecule has 1 aromatic carbocycles. The van der Waals surface area contributed by atoms with Gasteiger partial charge in [-0.15, -0.1) is 0 Å². The zero-order valence-electron chi connectivity index (χ0n) is 10.2. The Bertz CT molecular complexity index is 479. The summed E-state index contributed by atoms with van der Waals surface area (Å²) in [6.07, 6.45) is 1.72. The van der Waals surface area contributed by atoms with Gasteiger partial charge >= 0.3 is 0 Å². The van der Waals surface area contributed by atoms with E-state index in [9.17, 15) is 0 Å². The minimum atomic E-state index is 0.614. The minimum absolute atomic E-state index is 0.614. The zero-order valence-corrected chi connectivity index (χ0v) is 10.2. The van der Waals surface area contributed by atoms with Gasteiger partial charge in [0.05, 0.1) is 25.2 Å². The summed E-state index contributed by atoms with van der Waals surface area (Å²) in [6, 6.07) is 8.14. The molecule has 0 aliphatic heterocycles. The van der Waals surface area contributed by atoms with Gasteiger partial charge in [-0.25, -0.2) is 4.98 Å². The second-order valence-corrected chi connectivity index (χ2v) is 3.92. The number of nitrogens with zero attached hydrogens (tertiary/aromatic N) is 1. The summed E-state index contributed by atoms with van der Waals surface area (Å²) in [5, 5.41) is 3.38. The third kappa shape index (κ3) is 2.85. The van der Waals surface area contributed by atoms with Gasteiger partial charge in [0.25, 0.3) is 0 Å². The van der Waals surface area contributed by atoms with Gasteiger partial charge in [0.15, 0.2) is 0 Å². The fourth-order valence-electron chi connectivity index (χ4n) is 1.72. The van der Waals surface area contributed by atoms with Crippen LogP contribution in [0.5, 0.6) is 0 Å². The van der Waals surface area contributed by atoms with Crippen molar-refractivity contribution in [3.63, 3.8) is 0 Å². The molecule has 0 amide bonds. The molecule has 4 nitrogen and oxygen atoms in total. The van der Waals surface area contributed by atoms with Crippen LogP contribution in [0.2, 0.25) is 0 Å². The zero-order chi connectivity index (χ0) is 12.1. The smallest absolute Gasteiger partial charge is 0.0925 e. The van der Waals surface area contributed by atoms with Gasteiger partial charge < -0.3 is 15.0 Å². The summed E-state index contributed by atoms with van der Waals surface area (Å²) in [7, 11) is 1.70. The van der Waals surface area contributed by atoms with Crippen LogP contribution >= 0.6 is 0 Å². The van der Waals surface area contributed by atoms with E-state index < -0.39 is 0 Å². The number of aromatic amines is 1. The van der Waals surface area contributed by atoms with E-state index >= 15 is 0 Å². The second-order valence-electron chi connectivity index (χ2n) is 3.92. The molecule has 0 spiro atoms. The average Bonchev–Trinajstić information content (AvgIpc) is 2.74. The monoisotopic (exact) mass is 231 g/mol. The topological polar surface area (TPSA) is 49.9 Å². The first-order chi connectivity index (χ1) is 8.31. The van der Waals surface area contributed by atoms with Crippen molar-refractivity contribution in [3.8, 4) is 0 Å². The first-order valence-electron chi connectivity index (χ1n) is 5.61. The number of hydrogen-bond acceptors (Lipinski definition) is 3. The van der Waals surface area contributed by atoms with Crippen molar-refractivity contribution in [1.82, 2.24) is 9.97 Å². The van der Waals surface area contributed by atoms with Crippen LogP contribution in [0.25, 0.3) is 0 Å². The van der Waals surface area contributed by atoms with Crippen molar-refractivity contribution in [2.75, 3.05) is 12.4 Å². The third-order valence-corrected chi connectivity index (χ3v) is 2.70. The first kappa shape index (κ1) is 11.7. The second kappa shape index (κ2) is 5.50. The molecule has 2 aromatic rings. The lowest BCUT2D eigenvalue weighted by Gasteiger charge is -2.10. The Kier molecular flexibility index (Phi) is 3.77. The molecule has 17 heavy (non-hydrogen) atoms. The lowest BCUT2D eigenvalue weighted by atomic mass is 10.2. The van der Waals surface area contributed by atoms with E-state index in [1.54, 1.807) is 13.4 Å². The maximum atomic E-state index is 5.17. The highest BCUT2D eigenvalue weighted by Crippen LogP contribution is 2.16. The number of benzene rings is 1. The summed E-state index contributed by atoms with van der Waals surface area (Å²) in [4.78, 5) is 7.33. The average molecular weight is 231 g/mol. The van der Waals surface area contributed by atoms with Gasteiger partial charge in [-0.2, -0.15) is 0 Å². The SMILES string of the molecule is COCc1ccccc1NCc1nc[nH]c1C. The van der Waals surface area contributed by atoms with Crippen LogP contribution in [0.15, 0.2) is 30.6 Å². The van der Waals surface area contributed by atoms with Gasteiger partial charge in [0, 0.05) is 24.1 Å². The van der Waals surface area contributed by atoms with Crippen LogP contribution in [-0.4, -0.2) is 17.1 Å². The largest absolute Gasteiger partial charge is 0.380 e. The van der Waals surface area contributed by atoms with Crippen molar-refractivity contribution in [3.05, 3.63) is 47.5 Å². The number of aryl methyl sites for hydroxylation is 1. The Labute approximate surface area is 101 Å². The van der Waals surface area contributed by atoms with E-state index in [1.807, 2.05) is 19.1 Å². The predicted octanol–water partition coefficient (Wildman–Crippen LogP) is 2.48. The van der Waals surface area contributed by atoms with Gasteiger partial charge in [-0.1, -0.05) is 18.2 Å². The number of imidazole rings is 1. The Morgan fingerprint density at radius 1 is 1.35 bits per heavy atom. The Morgan fingerprint density at radius 2 is 2.18 bits per heavy atom. The molecule has 1 aromatic heterocycles. The van der Waals surface area contributed by atoms with Gasteiger partial charge in [-0.05, 0) is 13.0 Å². The van der Waals surface area contributed by atoms with Crippen LogP contribution in [0.3, 0.4) is 0 Å². The molecule has 0 saturated carbocycles.